The van der Waals surface area contributed by atoms with Crippen LogP contribution in [-0.4, -0.2) is 32.8 Å². The van der Waals surface area contributed by atoms with Gasteiger partial charge in [-0.1, -0.05) is 20.3 Å². The third kappa shape index (κ3) is 3.32. The van der Waals surface area contributed by atoms with Crippen LogP contribution >= 0.6 is 0 Å². The molecule has 1 aromatic heterocycles. The van der Waals surface area contributed by atoms with E-state index in [1.54, 1.807) is 17.9 Å². The molecule has 0 aromatic carbocycles. The van der Waals surface area contributed by atoms with Gasteiger partial charge in [0.05, 0.1) is 11.3 Å². The number of aromatic nitrogens is 2. The van der Waals surface area contributed by atoms with Crippen molar-refractivity contribution in [1.82, 2.24) is 15.1 Å². The number of nitrogens with one attached hydrogen (secondary N) is 1. The number of hydrogen-bond acceptors (Lipinski definition) is 3. The first-order chi connectivity index (χ1) is 8.49. The Hall–Kier alpha value is -1.85. The minimum absolute atomic E-state index is 0.374. The molecule has 0 saturated heterocycles. The molecule has 0 saturated carbocycles. The summed E-state index contributed by atoms with van der Waals surface area (Å²) in [6.07, 6.45) is 3.36. The molecule has 1 heterocycles. The van der Waals surface area contributed by atoms with Gasteiger partial charge in [-0.2, -0.15) is 5.10 Å². The van der Waals surface area contributed by atoms with Gasteiger partial charge < -0.3 is 10.4 Å². The number of carbonyl (C=O) groups is 2. The van der Waals surface area contributed by atoms with Crippen LogP contribution in [0.25, 0.3) is 0 Å². The minimum atomic E-state index is -1.01. The molecule has 1 amide bonds. The Kier molecular flexibility index (Phi) is 4.88. The van der Waals surface area contributed by atoms with E-state index in [4.69, 9.17) is 5.11 Å². The average Bonchev–Trinajstić information content (AvgIpc) is 2.69. The van der Waals surface area contributed by atoms with Crippen molar-refractivity contribution in [3.63, 3.8) is 0 Å². The Morgan fingerprint density at radius 2 is 2.17 bits per heavy atom. The van der Waals surface area contributed by atoms with Gasteiger partial charge in [0, 0.05) is 13.2 Å². The van der Waals surface area contributed by atoms with Gasteiger partial charge in [-0.15, -0.1) is 0 Å². The van der Waals surface area contributed by atoms with Crippen LogP contribution in [0.5, 0.6) is 0 Å². The maximum Gasteiger partial charge on any atom is 0.326 e. The minimum Gasteiger partial charge on any atom is -0.480 e. The zero-order chi connectivity index (χ0) is 13.7. The zero-order valence-corrected chi connectivity index (χ0v) is 10.9. The van der Waals surface area contributed by atoms with Crippen molar-refractivity contribution >= 4 is 11.9 Å². The number of amides is 1. The molecule has 0 aliphatic heterocycles. The van der Waals surface area contributed by atoms with Crippen molar-refractivity contribution in [2.24, 2.45) is 7.05 Å². The Balaban J connectivity index is 2.83. The SMILES string of the molecule is CCC[C@H](NC(=O)c1cn(C)nc1CC)C(=O)O. The lowest BCUT2D eigenvalue weighted by atomic mass is 10.1. The van der Waals surface area contributed by atoms with Gasteiger partial charge in [0.25, 0.3) is 5.91 Å². The van der Waals surface area contributed by atoms with Crippen LogP contribution in [-0.2, 0) is 18.3 Å². The summed E-state index contributed by atoms with van der Waals surface area (Å²) >= 11 is 0. The lowest BCUT2D eigenvalue weighted by molar-refractivity contribution is -0.139. The van der Waals surface area contributed by atoms with Gasteiger partial charge in [-0.3, -0.25) is 9.48 Å². The van der Waals surface area contributed by atoms with Crippen LogP contribution < -0.4 is 5.32 Å². The lowest BCUT2D eigenvalue weighted by Crippen LogP contribution is -2.40. The molecule has 0 radical (unpaired) electrons. The predicted molar refractivity (Wildman–Crippen MR) is 66.4 cm³/mol. The van der Waals surface area contributed by atoms with Gasteiger partial charge in [0.15, 0.2) is 0 Å². The van der Waals surface area contributed by atoms with Gasteiger partial charge in [-0.25, -0.2) is 4.79 Å². The van der Waals surface area contributed by atoms with Crippen molar-refractivity contribution in [2.45, 2.75) is 39.2 Å². The fraction of sp³-hybridized carbons (Fsp3) is 0.583. The third-order valence-corrected chi connectivity index (χ3v) is 2.67. The molecule has 0 aliphatic rings. The van der Waals surface area contributed by atoms with E-state index < -0.39 is 12.0 Å². The predicted octanol–water partition coefficient (Wildman–Crippen LogP) is 0.966. The topological polar surface area (TPSA) is 84.2 Å². The van der Waals surface area contributed by atoms with Gasteiger partial charge in [0.2, 0.25) is 0 Å². The van der Waals surface area contributed by atoms with Crippen molar-refractivity contribution in [3.05, 3.63) is 17.5 Å². The molecule has 1 aromatic rings. The second kappa shape index (κ2) is 6.18. The molecule has 2 N–H and O–H groups in total. The molecule has 0 bridgehead atoms. The molecular weight excluding hydrogens is 234 g/mol. The van der Waals surface area contributed by atoms with Gasteiger partial charge in [0.1, 0.15) is 6.04 Å². The van der Waals surface area contributed by atoms with Crippen LogP contribution in [0.15, 0.2) is 6.20 Å². The summed E-state index contributed by atoms with van der Waals surface area (Å²) in [7, 11) is 1.73. The second-order valence-corrected chi connectivity index (χ2v) is 4.17. The standard InChI is InChI=1S/C12H19N3O3/c1-4-6-10(12(17)18)13-11(16)8-7-15(3)14-9(8)5-2/h7,10H,4-6H2,1-3H3,(H,13,16)(H,17,18)/t10-/m0/s1. The summed E-state index contributed by atoms with van der Waals surface area (Å²) in [6, 6.07) is -0.840. The first-order valence-corrected chi connectivity index (χ1v) is 6.05. The maximum absolute atomic E-state index is 12.0. The first-order valence-electron chi connectivity index (χ1n) is 6.05. The van der Waals surface area contributed by atoms with Gasteiger partial charge in [-0.05, 0) is 12.8 Å². The molecule has 100 valence electrons. The summed E-state index contributed by atoms with van der Waals surface area (Å²) in [5.41, 5.74) is 1.12. The van der Waals surface area contributed by atoms with E-state index in [0.29, 0.717) is 30.5 Å². The molecule has 0 unspecified atom stereocenters. The number of aryl methyl sites for hydroxylation is 2. The molecule has 6 heteroatoms. The second-order valence-electron chi connectivity index (χ2n) is 4.17. The van der Waals surface area contributed by atoms with Crippen molar-refractivity contribution in [3.8, 4) is 0 Å². The largest absolute Gasteiger partial charge is 0.480 e. The van der Waals surface area contributed by atoms with E-state index in [-0.39, 0.29) is 5.91 Å². The van der Waals surface area contributed by atoms with Crippen LogP contribution in [0.3, 0.4) is 0 Å². The zero-order valence-electron chi connectivity index (χ0n) is 10.9. The van der Waals surface area contributed by atoms with Crippen LogP contribution in [0.2, 0.25) is 0 Å². The number of carbonyl (C=O) groups excluding carboxylic acids is 1. The highest BCUT2D eigenvalue weighted by Gasteiger charge is 2.22. The summed E-state index contributed by atoms with van der Waals surface area (Å²) in [6.45, 7) is 3.78. The highest BCUT2D eigenvalue weighted by atomic mass is 16.4. The fourth-order valence-electron chi connectivity index (χ4n) is 1.77. The third-order valence-electron chi connectivity index (χ3n) is 2.67. The summed E-state index contributed by atoms with van der Waals surface area (Å²) in [5.74, 6) is -1.38. The van der Waals surface area contributed by atoms with E-state index >= 15 is 0 Å². The first kappa shape index (κ1) is 14.2. The van der Waals surface area contributed by atoms with Crippen LogP contribution in [0.4, 0.5) is 0 Å². The van der Waals surface area contributed by atoms with Crippen molar-refractivity contribution in [2.75, 3.05) is 0 Å². The molecular formula is C12H19N3O3. The highest BCUT2D eigenvalue weighted by Crippen LogP contribution is 2.08. The Morgan fingerprint density at radius 1 is 1.50 bits per heavy atom. The molecule has 1 rings (SSSR count). The van der Waals surface area contributed by atoms with E-state index in [1.807, 2.05) is 13.8 Å². The molecule has 1 atom stereocenters. The number of carboxylic acids is 1. The lowest BCUT2D eigenvalue weighted by Gasteiger charge is -2.13. The smallest absolute Gasteiger partial charge is 0.326 e. The molecule has 0 aliphatic carbocycles. The van der Waals surface area contributed by atoms with Gasteiger partial charge >= 0.3 is 5.97 Å². The number of carboxylic acid groups (broad SMARTS) is 1. The Bertz CT molecular complexity index is 440. The quantitative estimate of drug-likeness (QED) is 0.791. The van der Waals surface area contributed by atoms with E-state index in [9.17, 15) is 9.59 Å². The van der Waals surface area contributed by atoms with E-state index in [1.165, 1.54) is 0 Å². The molecule has 0 spiro atoms. The number of nitrogens with zero attached hydrogens (tertiary/aromatic N) is 2. The molecule has 18 heavy (non-hydrogen) atoms. The number of aliphatic carboxylic acids is 1. The Morgan fingerprint density at radius 3 is 2.67 bits per heavy atom. The number of rotatable bonds is 6. The van der Waals surface area contributed by atoms with Crippen LogP contribution in [0.1, 0.15) is 42.7 Å². The molecule has 0 fully saturated rings. The summed E-state index contributed by atoms with van der Waals surface area (Å²) in [5, 5.41) is 15.7. The monoisotopic (exact) mass is 253 g/mol. The molecule has 6 nitrogen and oxygen atoms in total. The normalized spacial score (nSPS) is 12.2. The fourth-order valence-corrected chi connectivity index (χ4v) is 1.77. The summed E-state index contributed by atoms with van der Waals surface area (Å²) in [4.78, 5) is 23.0. The van der Waals surface area contributed by atoms with Crippen molar-refractivity contribution < 1.29 is 14.7 Å². The maximum atomic E-state index is 12.0. The average molecular weight is 253 g/mol. The van der Waals surface area contributed by atoms with Crippen LogP contribution in [0, 0.1) is 0 Å². The van der Waals surface area contributed by atoms with E-state index in [2.05, 4.69) is 10.4 Å². The van der Waals surface area contributed by atoms with E-state index in [0.717, 1.165) is 0 Å². The van der Waals surface area contributed by atoms with Crippen molar-refractivity contribution in [1.29, 1.82) is 0 Å². The summed E-state index contributed by atoms with van der Waals surface area (Å²) < 4.78 is 1.56. The Labute approximate surface area is 106 Å². The number of hydrogen-bond donors (Lipinski definition) is 2. The highest BCUT2D eigenvalue weighted by molar-refractivity contribution is 5.97.